The van der Waals surface area contributed by atoms with Crippen LogP contribution in [0.15, 0.2) is 12.2 Å². The molecule has 0 amide bonds. The Morgan fingerprint density at radius 2 is 1.58 bits per heavy atom. The van der Waals surface area contributed by atoms with E-state index in [4.69, 9.17) is 0 Å². The third-order valence-electron chi connectivity index (χ3n) is 2.01. The molecule has 0 aliphatic heterocycles. The Labute approximate surface area is 78.1 Å². The molecule has 0 N–H and O–H groups in total. The van der Waals surface area contributed by atoms with Crippen molar-refractivity contribution in [3.05, 3.63) is 18.6 Å². The first kappa shape index (κ1) is 11.7. The van der Waals surface area contributed by atoms with Crippen molar-refractivity contribution in [2.75, 3.05) is 0 Å². The number of rotatable bonds is 8. The predicted molar refractivity (Wildman–Crippen MR) is 57.1 cm³/mol. The summed E-state index contributed by atoms with van der Waals surface area (Å²) in [5.41, 5.74) is 0. The Balaban J connectivity index is 2.92. The van der Waals surface area contributed by atoms with Gasteiger partial charge in [0, 0.05) is 0 Å². The van der Waals surface area contributed by atoms with Gasteiger partial charge >= 0.3 is 0 Å². The SMILES string of the molecule is C[CH]CC/C=C/CCCCCC. The van der Waals surface area contributed by atoms with Crippen LogP contribution in [0.4, 0.5) is 0 Å². The molecule has 0 saturated carbocycles. The summed E-state index contributed by atoms with van der Waals surface area (Å²) in [6.07, 6.45) is 16.1. The summed E-state index contributed by atoms with van der Waals surface area (Å²) in [7, 11) is 0. The van der Waals surface area contributed by atoms with Gasteiger partial charge in [-0.3, -0.25) is 0 Å². The molecule has 0 spiro atoms. The van der Waals surface area contributed by atoms with Gasteiger partial charge < -0.3 is 0 Å². The second kappa shape index (κ2) is 10.7. The van der Waals surface area contributed by atoms with E-state index < -0.39 is 0 Å². The molecule has 0 fully saturated rings. The minimum Gasteiger partial charge on any atom is -0.0885 e. The molecule has 0 bridgehead atoms. The van der Waals surface area contributed by atoms with E-state index in [1.807, 2.05) is 0 Å². The van der Waals surface area contributed by atoms with E-state index >= 15 is 0 Å². The Morgan fingerprint density at radius 1 is 0.833 bits per heavy atom. The zero-order valence-corrected chi connectivity index (χ0v) is 8.68. The molecule has 1 radical (unpaired) electrons. The summed E-state index contributed by atoms with van der Waals surface area (Å²) in [5.74, 6) is 0. The van der Waals surface area contributed by atoms with E-state index in [1.54, 1.807) is 0 Å². The van der Waals surface area contributed by atoms with Gasteiger partial charge in [-0.1, -0.05) is 45.3 Å². The van der Waals surface area contributed by atoms with Crippen LogP contribution in [-0.4, -0.2) is 0 Å². The second-order valence-corrected chi connectivity index (χ2v) is 3.31. The molecule has 0 unspecified atom stereocenters. The van der Waals surface area contributed by atoms with E-state index in [-0.39, 0.29) is 0 Å². The van der Waals surface area contributed by atoms with Gasteiger partial charge in [0.15, 0.2) is 0 Å². The van der Waals surface area contributed by atoms with Gasteiger partial charge in [-0.05, 0) is 32.1 Å². The van der Waals surface area contributed by atoms with Crippen LogP contribution in [0.2, 0.25) is 0 Å². The van der Waals surface area contributed by atoms with Gasteiger partial charge in [-0.25, -0.2) is 0 Å². The van der Waals surface area contributed by atoms with Gasteiger partial charge in [-0.2, -0.15) is 0 Å². The largest absolute Gasteiger partial charge is 0.0885 e. The summed E-state index contributed by atoms with van der Waals surface area (Å²) in [6.45, 7) is 4.38. The van der Waals surface area contributed by atoms with Crippen molar-refractivity contribution in [1.82, 2.24) is 0 Å². The van der Waals surface area contributed by atoms with Crippen molar-refractivity contribution < 1.29 is 0 Å². The summed E-state index contributed by atoms with van der Waals surface area (Å²) in [6, 6.07) is 0. The molecule has 0 aliphatic rings. The van der Waals surface area contributed by atoms with Crippen LogP contribution in [0.25, 0.3) is 0 Å². The predicted octanol–water partition coefficient (Wildman–Crippen LogP) is 4.52. The van der Waals surface area contributed by atoms with Crippen LogP contribution in [0.3, 0.4) is 0 Å². The molecule has 0 aromatic heterocycles. The van der Waals surface area contributed by atoms with Crippen LogP contribution < -0.4 is 0 Å². The molecule has 0 atom stereocenters. The molecule has 12 heavy (non-hydrogen) atoms. The van der Waals surface area contributed by atoms with Crippen molar-refractivity contribution in [1.29, 1.82) is 0 Å². The van der Waals surface area contributed by atoms with Crippen LogP contribution >= 0.6 is 0 Å². The van der Waals surface area contributed by atoms with Gasteiger partial charge in [0.1, 0.15) is 0 Å². The van der Waals surface area contributed by atoms with E-state index in [0.29, 0.717) is 0 Å². The Hall–Kier alpha value is -0.260. The Bertz CT molecular complexity index is 92.2. The number of hydrogen-bond acceptors (Lipinski definition) is 0. The van der Waals surface area contributed by atoms with Gasteiger partial charge in [0.05, 0.1) is 0 Å². The average Bonchev–Trinajstić information content (AvgIpc) is 2.10. The fourth-order valence-corrected chi connectivity index (χ4v) is 1.19. The number of hydrogen-bond donors (Lipinski definition) is 0. The molecule has 71 valence electrons. The van der Waals surface area contributed by atoms with Crippen LogP contribution in [-0.2, 0) is 0 Å². The third-order valence-corrected chi connectivity index (χ3v) is 2.01. The highest BCUT2D eigenvalue weighted by Gasteiger charge is 1.84. The zero-order chi connectivity index (χ0) is 9.07. The lowest BCUT2D eigenvalue weighted by molar-refractivity contribution is 0.674. The molecule has 0 aliphatic carbocycles. The molecule has 0 heterocycles. The third kappa shape index (κ3) is 9.74. The summed E-state index contributed by atoms with van der Waals surface area (Å²) >= 11 is 0. The van der Waals surface area contributed by atoms with Crippen LogP contribution in [0.1, 0.15) is 58.8 Å². The highest BCUT2D eigenvalue weighted by Crippen LogP contribution is 2.03. The molecular weight excluding hydrogens is 144 g/mol. The molecule has 0 nitrogen and oxygen atoms in total. The van der Waals surface area contributed by atoms with Crippen LogP contribution in [0.5, 0.6) is 0 Å². The van der Waals surface area contributed by atoms with Gasteiger partial charge in [0.2, 0.25) is 0 Å². The maximum atomic E-state index is 2.33. The van der Waals surface area contributed by atoms with E-state index in [2.05, 4.69) is 32.4 Å². The fourth-order valence-electron chi connectivity index (χ4n) is 1.19. The summed E-state index contributed by atoms with van der Waals surface area (Å²) in [5, 5.41) is 0. The van der Waals surface area contributed by atoms with Crippen LogP contribution in [0, 0.1) is 6.42 Å². The van der Waals surface area contributed by atoms with Gasteiger partial charge in [-0.15, -0.1) is 0 Å². The lowest BCUT2D eigenvalue weighted by Gasteiger charge is -1.94. The lowest BCUT2D eigenvalue weighted by Crippen LogP contribution is -1.74. The second-order valence-electron chi connectivity index (χ2n) is 3.31. The van der Waals surface area contributed by atoms with Crippen molar-refractivity contribution >= 4 is 0 Å². The highest BCUT2D eigenvalue weighted by atomic mass is 13.9. The maximum Gasteiger partial charge on any atom is -0.0348 e. The quantitative estimate of drug-likeness (QED) is 0.368. The van der Waals surface area contributed by atoms with E-state index in [9.17, 15) is 0 Å². The standard InChI is InChI=1S/C12H23/c1-3-5-7-9-11-12-10-8-6-4-2/h3,9,11H,4-8,10,12H2,1-2H3/b11-9+. The maximum absolute atomic E-state index is 2.33. The van der Waals surface area contributed by atoms with Gasteiger partial charge in [0.25, 0.3) is 0 Å². The molecule has 0 rings (SSSR count). The topological polar surface area (TPSA) is 0 Å². The normalized spacial score (nSPS) is 11.2. The molecule has 0 aromatic rings. The first-order chi connectivity index (χ1) is 5.91. The first-order valence-electron chi connectivity index (χ1n) is 5.34. The molecular formula is C12H23. The smallest absolute Gasteiger partial charge is 0.0348 e. The Kier molecular flexibility index (Phi) is 10.5. The molecule has 0 aromatic carbocycles. The lowest BCUT2D eigenvalue weighted by atomic mass is 10.1. The monoisotopic (exact) mass is 167 g/mol. The number of allylic oxidation sites excluding steroid dienone is 2. The van der Waals surface area contributed by atoms with Crippen molar-refractivity contribution in [3.8, 4) is 0 Å². The number of unbranched alkanes of at least 4 members (excludes halogenated alkanes) is 6. The summed E-state index contributed by atoms with van der Waals surface area (Å²) < 4.78 is 0. The minimum atomic E-state index is 1.23. The summed E-state index contributed by atoms with van der Waals surface area (Å²) in [4.78, 5) is 0. The highest BCUT2D eigenvalue weighted by molar-refractivity contribution is 4.82. The molecule has 0 heteroatoms. The van der Waals surface area contributed by atoms with E-state index in [0.717, 1.165) is 0 Å². The fraction of sp³-hybridized carbons (Fsp3) is 0.750. The van der Waals surface area contributed by atoms with Crippen molar-refractivity contribution in [2.24, 2.45) is 0 Å². The van der Waals surface area contributed by atoms with Crippen molar-refractivity contribution in [2.45, 2.75) is 58.8 Å². The average molecular weight is 167 g/mol. The van der Waals surface area contributed by atoms with E-state index in [1.165, 1.54) is 44.9 Å². The Morgan fingerprint density at radius 3 is 2.25 bits per heavy atom. The van der Waals surface area contributed by atoms with Crippen molar-refractivity contribution in [3.63, 3.8) is 0 Å². The zero-order valence-electron chi connectivity index (χ0n) is 8.68. The first-order valence-corrected chi connectivity index (χ1v) is 5.34. The molecule has 0 saturated heterocycles. The minimum absolute atomic E-state index is 1.23.